The number of benzene rings is 2. The summed E-state index contributed by atoms with van der Waals surface area (Å²) in [5.74, 6) is 0.107. The van der Waals surface area contributed by atoms with Gasteiger partial charge in [-0.2, -0.15) is 0 Å². The first-order chi connectivity index (χ1) is 10.8. The molecule has 4 heteroatoms. The van der Waals surface area contributed by atoms with Gasteiger partial charge in [-0.05, 0) is 22.3 Å². The van der Waals surface area contributed by atoms with Crippen LogP contribution in [-0.2, 0) is 9.47 Å². The van der Waals surface area contributed by atoms with Gasteiger partial charge in [0.25, 0.3) is 0 Å². The van der Waals surface area contributed by atoms with E-state index in [2.05, 4.69) is 29.6 Å². The molecule has 1 unspecified atom stereocenters. The van der Waals surface area contributed by atoms with Gasteiger partial charge in [0.1, 0.15) is 6.61 Å². The van der Waals surface area contributed by atoms with Gasteiger partial charge in [-0.15, -0.1) is 0 Å². The summed E-state index contributed by atoms with van der Waals surface area (Å²) in [6, 6.07) is 16.6. The summed E-state index contributed by atoms with van der Waals surface area (Å²) in [7, 11) is 0. The first-order valence-corrected chi connectivity index (χ1v) is 7.53. The van der Waals surface area contributed by atoms with Crippen LogP contribution in [0.5, 0.6) is 0 Å². The van der Waals surface area contributed by atoms with Crippen molar-refractivity contribution in [3.8, 4) is 11.1 Å². The monoisotopic (exact) mass is 295 g/mol. The molecule has 2 aromatic rings. The third-order valence-electron chi connectivity index (χ3n) is 4.22. The van der Waals surface area contributed by atoms with Crippen molar-refractivity contribution in [1.82, 2.24) is 5.32 Å². The number of alkyl carbamates (subject to hydrolysis) is 1. The summed E-state index contributed by atoms with van der Waals surface area (Å²) in [6.45, 7) is 1.60. The summed E-state index contributed by atoms with van der Waals surface area (Å²) < 4.78 is 10.5. The van der Waals surface area contributed by atoms with Crippen LogP contribution in [0.3, 0.4) is 0 Å². The molecule has 1 fully saturated rings. The molecule has 0 saturated carbocycles. The van der Waals surface area contributed by atoms with Gasteiger partial charge in [0.2, 0.25) is 0 Å². The summed E-state index contributed by atoms with van der Waals surface area (Å²) >= 11 is 0. The highest BCUT2D eigenvalue weighted by atomic mass is 16.6. The van der Waals surface area contributed by atoms with Crippen LogP contribution in [0.25, 0.3) is 11.1 Å². The second-order valence-corrected chi connectivity index (χ2v) is 5.66. The quantitative estimate of drug-likeness (QED) is 0.882. The zero-order valence-corrected chi connectivity index (χ0v) is 12.1. The fourth-order valence-corrected chi connectivity index (χ4v) is 3.03. The van der Waals surface area contributed by atoms with Crippen molar-refractivity contribution in [2.75, 3.05) is 19.8 Å². The van der Waals surface area contributed by atoms with Crippen molar-refractivity contribution in [2.24, 2.45) is 0 Å². The molecule has 1 N–H and O–H groups in total. The maximum Gasteiger partial charge on any atom is 0.407 e. The van der Waals surface area contributed by atoms with Crippen molar-refractivity contribution < 1.29 is 14.3 Å². The summed E-state index contributed by atoms with van der Waals surface area (Å²) in [5, 5.41) is 2.73. The molecule has 112 valence electrons. The van der Waals surface area contributed by atoms with Crippen LogP contribution in [0.4, 0.5) is 4.79 Å². The molecule has 1 saturated heterocycles. The van der Waals surface area contributed by atoms with Gasteiger partial charge in [-0.1, -0.05) is 48.5 Å². The van der Waals surface area contributed by atoms with Crippen LogP contribution in [0.1, 0.15) is 17.0 Å². The Morgan fingerprint density at radius 3 is 2.27 bits per heavy atom. The van der Waals surface area contributed by atoms with Crippen LogP contribution in [0.2, 0.25) is 0 Å². The van der Waals surface area contributed by atoms with Crippen molar-refractivity contribution in [3.63, 3.8) is 0 Å². The zero-order chi connectivity index (χ0) is 14.9. The molecule has 1 aliphatic carbocycles. The highest BCUT2D eigenvalue weighted by molar-refractivity contribution is 5.79. The van der Waals surface area contributed by atoms with Gasteiger partial charge in [0.05, 0.1) is 12.7 Å². The van der Waals surface area contributed by atoms with Gasteiger partial charge in [-0.25, -0.2) is 4.79 Å². The van der Waals surface area contributed by atoms with Gasteiger partial charge in [0.15, 0.2) is 0 Å². The number of nitrogens with one attached hydrogen (secondary N) is 1. The van der Waals surface area contributed by atoms with E-state index in [4.69, 9.17) is 9.47 Å². The SMILES string of the molecule is O=C(NCC1CO1)OCC1c2ccccc2-c2ccccc21. The zero-order valence-electron chi connectivity index (χ0n) is 12.1. The molecule has 0 bridgehead atoms. The van der Waals surface area contributed by atoms with E-state index in [1.165, 1.54) is 22.3 Å². The Kier molecular flexibility index (Phi) is 3.31. The van der Waals surface area contributed by atoms with Crippen LogP contribution in [-0.4, -0.2) is 32.0 Å². The van der Waals surface area contributed by atoms with E-state index in [0.717, 1.165) is 6.61 Å². The molecule has 0 spiro atoms. The molecule has 2 aromatic carbocycles. The second-order valence-electron chi connectivity index (χ2n) is 5.66. The molecule has 1 aliphatic heterocycles. The molecule has 4 rings (SSSR count). The lowest BCUT2D eigenvalue weighted by molar-refractivity contribution is 0.142. The first kappa shape index (κ1) is 13.3. The van der Waals surface area contributed by atoms with Crippen LogP contribution in [0.15, 0.2) is 48.5 Å². The number of carbonyl (C=O) groups excluding carboxylic acids is 1. The minimum absolute atomic E-state index is 0.107. The average molecular weight is 295 g/mol. The number of amides is 1. The maximum atomic E-state index is 11.8. The molecular formula is C18H17NO3. The van der Waals surface area contributed by atoms with Gasteiger partial charge in [-0.3, -0.25) is 0 Å². The maximum absolute atomic E-state index is 11.8. The molecular weight excluding hydrogens is 278 g/mol. The highest BCUT2D eigenvalue weighted by Gasteiger charge is 2.29. The van der Waals surface area contributed by atoms with Crippen molar-refractivity contribution in [2.45, 2.75) is 12.0 Å². The fourth-order valence-electron chi connectivity index (χ4n) is 3.03. The lowest BCUT2D eigenvalue weighted by Crippen LogP contribution is -2.29. The summed E-state index contributed by atoms with van der Waals surface area (Å²) in [4.78, 5) is 11.8. The molecule has 2 aliphatic rings. The predicted octanol–water partition coefficient (Wildman–Crippen LogP) is 2.92. The van der Waals surface area contributed by atoms with Crippen molar-refractivity contribution in [1.29, 1.82) is 0 Å². The number of hydrogen-bond donors (Lipinski definition) is 1. The third-order valence-corrected chi connectivity index (χ3v) is 4.22. The Morgan fingerprint density at radius 1 is 1.09 bits per heavy atom. The molecule has 1 amide bonds. The molecule has 0 radical (unpaired) electrons. The van der Waals surface area contributed by atoms with E-state index in [-0.39, 0.29) is 18.1 Å². The smallest absolute Gasteiger partial charge is 0.407 e. The Hall–Kier alpha value is -2.33. The van der Waals surface area contributed by atoms with Crippen molar-refractivity contribution >= 4 is 6.09 Å². The first-order valence-electron chi connectivity index (χ1n) is 7.53. The van der Waals surface area contributed by atoms with Crippen LogP contribution in [0, 0.1) is 0 Å². The fraction of sp³-hybridized carbons (Fsp3) is 0.278. The van der Waals surface area contributed by atoms with E-state index in [9.17, 15) is 4.79 Å². The highest BCUT2D eigenvalue weighted by Crippen LogP contribution is 2.44. The third kappa shape index (κ3) is 2.46. The largest absolute Gasteiger partial charge is 0.449 e. The van der Waals surface area contributed by atoms with E-state index < -0.39 is 0 Å². The lowest BCUT2D eigenvalue weighted by Gasteiger charge is -2.14. The topological polar surface area (TPSA) is 50.9 Å². The van der Waals surface area contributed by atoms with E-state index >= 15 is 0 Å². The standard InChI is InChI=1S/C18H17NO3/c20-18(19-9-12-10-21-12)22-11-17-15-7-3-1-5-13(15)14-6-2-4-8-16(14)17/h1-8,12,17H,9-11H2,(H,19,20). The molecule has 22 heavy (non-hydrogen) atoms. The normalized spacial score (nSPS) is 18.5. The molecule has 4 nitrogen and oxygen atoms in total. The number of epoxide rings is 1. The van der Waals surface area contributed by atoms with Crippen LogP contribution < -0.4 is 5.32 Å². The minimum Gasteiger partial charge on any atom is -0.449 e. The van der Waals surface area contributed by atoms with Crippen LogP contribution >= 0.6 is 0 Å². The minimum atomic E-state index is -0.377. The number of ether oxygens (including phenoxy) is 2. The van der Waals surface area contributed by atoms with E-state index in [1.54, 1.807) is 0 Å². The molecule has 1 atom stereocenters. The van der Waals surface area contributed by atoms with Crippen molar-refractivity contribution in [3.05, 3.63) is 59.7 Å². The summed E-state index contributed by atoms with van der Waals surface area (Å²) in [6.07, 6.45) is -0.210. The van der Waals surface area contributed by atoms with Gasteiger partial charge < -0.3 is 14.8 Å². The second kappa shape index (κ2) is 5.46. The summed E-state index contributed by atoms with van der Waals surface area (Å²) in [5.41, 5.74) is 4.92. The van der Waals surface area contributed by atoms with E-state index in [0.29, 0.717) is 13.2 Å². The van der Waals surface area contributed by atoms with Gasteiger partial charge in [0, 0.05) is 12.5 Å². The Labute approximate surface area is 129 Å². The molecule has 1 heterocycles. The average Bonchev–Trinajstić information content (AvgIpc) is 3.33. The Bertz CT molecular complexity index is 663. The molecule has 0 aromatic heterocycles. The number of rotatable bonds is 4. The van der Waals surface area contributed by atoms with E-state index in [1.807, 2.05) is 24.3 Å². The lowest BCUT2D eigenvalue weighted by atomic mass is 9.98. The predicted molar refractivity (Wildman–Crippen MR) is 82.8 cm³/mol. The number of carbonyl (C=O) groups is 1. The number of hydrogen-bond acceptors (Lipinski definition) is 3. The Morgan fingerprint density at radius 2 is 1.68 bits per heavy atom. The number of fused-ring (bicyclic) bond motifs is 3. The Balaban J connectivity index is 1.50. The van der Waals surface area contributed by atoms with Gasteiger partial charge >= 0.3 is 6.09 Å².